The normalized spacial score (nSPS) is 11.8. The van der Waals surface area contributed by atoms with Gasteiger partial charge in [0.1, 0.15) is 17.0 Å². The zero-order valence-corrected chi connectivity index (χ0v) is 18.0. The first kappa shape index (κ1) is 18.2. The molecule has 4 aromatic carbocycles. The van der Waals surface area contributed by atoms with Gasteiger partial charge in [0, 0.05) is 27.5 Å². The summed E-state index contributed by atoms with van der Waals surface area (Å²) in [7, 11) is 0. The fraction of sp³-hybridized carbons (Fsp3) is 0.0345. The third-order valence-corrected chi connectivity index (χ3v) is 6.32. The van der Waals surface area contributed by atoms with Gasteiger partial charge in [0.15, 0.2) is 0 Å². The lowest BCUT2D eigenvalue weighted by Gasteiger charge is -2.09. The summed E-state index contributed by atoms with van der Waals surface area (Å²) < 4.78 is 8.76. The molecule has 7 aromatic rings. The number of benzene rings is 4. The monoisotopic (exact) mass is 425 g/mol. The van der Waals surface area contributed by atoms with Crippen LogP contribution in [0.5, 0.6) is 0 Å². The van der Waals surface area contributed by atoms with Crippen molar-refractivity contribution in [2.75, 3.05) is 0 Å². The van der Waals surface area contributed by atoms with Crippen molar-refractivity contribution in [3.63, 3.8) is 0 Å². The standard InChI is InChI=1S/C29H19N3O/c1-18-16-25-26(17-30-18)32(20-9-3-2-4-10-20)29(31-25)24-13-7-12-22-23-15-14-19-8-5-6-11-21(19)27(23)33-28(22)24/h2-17H,1H3. The van der Waals surface area contributed by atoms with Crippen LogP contribution in [0, 0.1) is 6.92 Å². The van der Waals surface area contributed by atoms with Crippen LogP contribution in [0.15, 0.2) is 102 Å². The van der Waals surface area contributed by atoms with Crippen molar-refractivity contribution < 1.29 is 4.42 Å². The van der Waals surface area contributed by atoms with E-state index in [4.69, 9.17) is 9.40 Å². The summed E-state index contributed by atoms with van der Waals surface area (Å²) in [5.41, 5.74) is 6.60. The average molecular weight is 425 g/mol. The van der Waals surface area contributed by atoms with Crippen molar-refractivity contribution in [1.82, 2.24) is 14.5 Å². The third-order valence-electron chi connectivity index (χ3n) is 6.32. The molecule has 0 spiro atoms. The van der Waals surface area contributed by atoms with Crippen molar-refractivity contribution in [3.8, 4) is 17.1 Å². The second-order valence-electron chi connectivity index (χ2n) is 8.37. The molecule has 4 nitrogen and oxygen atoms in total. The van der Waals surface area contributed by atoms with Crippen LogP contribution in [0.3, 0.4) is 0 Å². The summed E-state index contributed by atoms with van der Waals surface area (Å²) in [5.74, 6) is 0.845. The Morgan fingerprint density at radius 2 is 1.52 bits per heavy atom. The number of rotatable bonds is 2. The van der Waals surface area contributed by atoms with E-state index in [0.29, 0.717) is 0 Å². The van der Waals surface area contributed by atoms with Crippen molar-refractivity contribution in [2.24, 2.45) is 0 Å². The first-order chi connectivity index (χ1) is 16.3. The van der Waals surface area contributed by atoms with Crippen molar-refractivity contribution >= 4 is 43.7 Å². The minimum Gasteiger partial charge on any atom is -0.455 e. The molecule has 7 rings (SSSR count). The molecular formula is C29H19N3O. The van der Waals surface area contributed by atoms with Gasteiger partial charge >= 0.3 is 0 Å². The highest BCUT2D eigenvalue weighted by Crippen LogP contribution is 2.39. The lowest BCUT2D eigenvalue weighted by Crippen LogP contribution is -1.97. The lowest BCUT2D eigenvalue weighted by molar-refractivity contribution is 0.673. The maximum atomic E-state index is 6.59. The Morgan fingerprint density at radius 3 is 2.42 bits per heavy atom. The van der Waals surface area contributed by atoms with Crippen LogP contribution < -0.4 is 0 Å². The van der Waals surface area contributed by atoms with Gasteiger partial charge in [0.25, 0.3) is 0 Å². The summed E-state index contributed by atoms with van der Waals surface area (Å²) in [5, 5.41) is 4.50. The first-order valence-electron chi connectivity index (χ1n) is 11.0. The van der Waals surface area contributed by atoms with E-state index < -0.39 is 0 Å². The number of fused-ring (bicyclic) bond motifs is 6. The molecule has 3 aromatic heterocycles. The molecule has 0 N–H and O–H groups in total. The topological polar surface area (TPSA) is 43.9 Å². The van der Waals surface area contributed by atoms with Crippen LogP contribution in [0.2, 0.25) is 0 Å². The van der Waals surface area contributed by atoms with Crippen molar-refractivity contribution in [2.45, 2.75) is 6.92 Å². The number of imidazole rings is 1. The predicted molar refractivity (Wildman–Crippen MR) is 134 cm³/mol. The van der Waals surface area contributed by atoms with Crippen LogP contribution in [0.25, 0.3) is 60.8 Å². The highest BCUT2D eigenvalue weighted by Gasteiger charge is 2.20. The Balaban J connectivity index is 1.61. The molecule has 4 heteroatoms. The maximum Gasteiger partial charge on any atom is 0.149 e. The number of hydrogen-bond acceptors (Lipinski definition) is 3. The largest absolute Gasteiger partial charge is 0.455 e. The summed E-state index contributed by atoms with van der Waals surface area (Å²) in [6, 6.07) is 31.3. The number of furan rings is 1. The lowest BCUT2D eigenvalue weighted by atomic mass is 10.0. The van der Waals surface area contributed by atoms with E-state index >= 15 is 0 Å². The smallest absolute Gasteiger partial charge is 0.149 e. The van der Waals surface area contributed by atoms with Gasteiger partial charge in [-0.25, -0.2) is 4.98 Å². The zero-order chi connectivity index (χ0) is 21.9. The van der Waals surface area contributed by atoms with E-state index in [1.807, 2.05) is 37.4 Å². The van der Waals surface area contributed by atoms with E-state index in [1.165, 1.54) is 5.39 Å². The van der Waals surface area contributed by atoms with Crippen LogP contribution >= 0.6 is 0 Å². The quantitative estimate of drug-likeness (QED) is 0.289. The predicted octanol–water partition coefficient (Wildman–Crippen LogP) is 7.45. The van der Waals surface area contributed by atoms with Gasteiger partial charge < -0.3 is 4.42 Å². The van der Waals surface area contributed by atoms with Gasteiger partial charge in [-0.15, -0.1) is 0 Å². The fourth-order valence-corrected chi connectivity index (χ4v) is 4.80. The van der Waals surface area contributed by atoms with Gasteiger partial charge in [0.2, 0.25) is 0 Å². The molecule has 0 saturated carbocycles. The highest BCUT2D eigenvalue weighted by molar-refractivity contribution is 6.17. The van der Waals surface area contributed by atoms with E-state index in [0.717, 1.165) is 61.1 Å². The van der Waals surface area contributed by atoms with Crippen LogP contribution in [-0.4, -0.2) is 14.5 Å². The Labute approximate surface area is 189 Å². The number of para-hydroxylation sites is 2. The SMILES string of the molecule is Cc1cc2nc(-c3cccc4c3oc3c5ccccc5ccc43)n(-c3ccccc3)c2cn1. The molecule has 0 aliphatic carbocycles. The van der Waals surface area contributed by atoms with Crippen molar-refractivity contribution in [3.05, 3.63) is 103 Å². The Hall–Kier alpha value is -4.44. The second-order valence-corrected chi connectivity index (χ2v) is 8.37. The first-order valence-corrected chi connectivity index (χ1v) is 11.0. The number of hydrogen-bond donors (Lipinski definition) is 0. The molecule has 0 fully saturated rings. The number of aromatic nitrogens is 3. The molecular weight excluding hydrogens is 406 g/mol. The summed E-state index contributed by atoms with van der Waals surface area (Å²) in [6.07, 6.45) is 1.90. The fourth-order valence-electron chi connectivity index (χ4n) is 4.80. The van der Waals surface area contributed by atoms with E-state index in [2.05, 4.69) is 76.3 Å². The third kappa shape index (κ3) is 2.64. The van der Waals surface area contributed by atoms with Crippen LogP contribution in [-0.2, 0) is 0 Å². The molecule has 156 valence electrons. The highest BCUT2D eigenvalue weighted by atomic mass is 16.3. The Bertz CT molecular complexity index is 1830. The molecule has 0 aliphatic heterocycles. The average Bonchev–Trinajstić information content (AvgIpc) is 3.43. The molecule has 0 atom stereocenters. The minimum absolute atomic E-state index is 0.845. The number of nitrogens with zero attached hydrogens (tertiary/aromatic N) is 3. The summed E-state index contributed by atoms with van der Waals surface area (Å²) in [4.78, 5) is 9.61. The molecule has 0 aliphatic rings. The molecule has 0 amide bonds. The van der Waals surface area contributed by atoms with Crippen LogP contribution in [0.1, 0.15) is 5.69 Å². The second kappa shape index (κ2) is 6.78. The molecule has 0 bridgehead atoms. The molecule has 0 unspecified atom stereocenters. The molecule has 0 radical (unpaired) electrons. The van der Waals surface area contributed by atoms with Crippen molar-refractivity contribution in [1.29, 1.82) is 0 Å². The van der Waals surface area contributed by atoms with Gasteiger partial charge in [-0.1, -0.05) is 60.7 Å². The Morgan fingerprint density at radius 1 is 0.727 bits per heavy atom. The van der Waals surface area contributed by atoms with Gasteiger partial charge in [-0.3, -0.25) is 9.55 Å². The maximum absolute atomic E-state index is 6.59. The molecule has 3 heterocycles. The summed E-state index contributed by atoms with van der Waals surface area (Å²) >= 11 is 0. The molecule has 33 heavy (non-hydrogen) atoms. The van der Waals surface area contributed by atoms with E-state index in [9.17, 15) is 0 Å². The van der Waals surface area contributed by atoms with E-state index in [1.54, 1.807) is 0 Å². The van der Waals surface area contributed by atoms with Crippen LogP contribution in [0.4, 0.5) is 0 Å². The van der Waals surface area contributed by atoms with Gasteiger partial charge in [0.05, 0.1) is 22.8 Å². The number of pyridine rings is 1. The van der Waals surface area contributed by atoms with Gasteiger partial charge in [-0.05, 0) is 42.6 Å². The van der Waals surface area contributed by atoms with E-state index in [-0.39, 0.29) is 0 Å². The number of aryl methyl sites for hydroxylation is 1. The zero-order valence-electron chi connectivity index (χ0n) is 18.0. The minimum atomic E-state index is 0.845. The molecule has 0 saturated heterocycles. The van der Waals surface area contributed by atoms with Gasteiger partial charge in [-0.2, -0.15) is 0 Å². The summed E-state index contributed by atoms with van der Waals surface area (Å²) in [6.45, 7) is 1.99. The Kier molecular flexibility index (Phi) is 3.73.